The molecule has 80 valence electrons. The van der Waals surface area contributed by atoms with Crippen LogP contribution >= 0.6 is 26.6 Å². The molecule has 2 aromatic rings. The van der Waals surface area contributed by atoms with Crippen molar-refractivity contribution in [1.82, 2.24) is 9.97 Å². The van der Waals surface area contributed by atoms with Crippen molar-refractivity contribution < 1.29 is 12.8 Å². The first kappa shape index (κ1) is 10.8. The molecule has 0 aliphatic rings. The van der Waals surface area contributed by atoms with Gasteiger partial charge < -0.3 is 4.98 Å². The van der Waals surface area contributed by atoms with Crippen molar-refractivity contribution >= 4 is 46.7 Å². The number of aromatic nitrogens is 2. The second-order valence-corrected chi connectivity index (χ2v) is 6.05. The summed E-state index contributed by atoms with van der Waals surface area (Å²) in [5.41, 5.74) is 0.714. The summed E-state index contributed by atoms with van der Waals surface area (Å²) in [5, 5.41) is 0. The van der Waals surface area contributed by atoms with Crippen LogP contribution in [-0.2, 0) is 9.05 Å². The lowest BCUT2D eigenvalue weighted by Crippen LogP contribution is -1.95. The summed E-state index contributed by atoms with van der Waals surface area (Å²) in [6.07, 6.45) is 0. The number of benzene rings is 1. The molecule has 0 fully saturated rings. The summed E-state index contributed by atoms with van der Waals surface area (Å²) in [5.74, 6) is -0.909. The first-order chi connectivity index (χ1) is 6.88. The van der Waals surface area contributed by atoms with Crippen LogP contribution in [0.1, 0.15) is 0 Å². The highest BCUT2D eigenvalue weighted by molar-refractivity contribution is 9.10. The van der Waals surface area contributed by atoms with Gasteiger partial charge in [0.05, 0.1) is 11.0 Å². The average Bonchev–Trinajstić information content (AvgIpc) is 2.40. The van der Waals surface area contributed by atoms with Crippen LogP contribution in [0.25, 0.3) is 11.0 Å². The average molecular weight is 314 g/mol. The van der Waals surface area contributed by atoms with Crippen molar-refractivity contribution in [1.29, 1.82) is 0 Å². The van der Waals surface area contributed by atoms with E-state index in [1.807, 2.05) is 0 Å². The summed E-state index contributed by atoms with van der Waals surface area (Å²) in [4.78, 5) is 6.03. The number of fused-ring (bicyclic) bond motifs is 1. The van der Waals surface area contributed by atoms with E-state index in [-0.39, 0.29) is 0 Å². The highest BCUT2D eigenvalue weighted by atomic mass is 79.9. The SMILES string of the molecule is O=S(=O)(Cl)c1cc2nc(Br)[nH]c2cc1F. The molecule has 0 bridgehead atoms. The lowest BCUT2D eigenvalue weighted by atomic mass is 10.3. The Labute approximate surface area is 97.0 Å². The van der Waals surface area contributed by atoms with Gasteiger partial charge in [0.15, 0.2) is 4.73 Å². The van der Waals surface area contributed by atoms with E-state index in [1.165, 1.54) is 0 Å². The molecular formula is C7H3BrClFN2O2S. The van der Waals surface area contributed by atoms with Crippen molar-refractivity contribution in [3.63, 3.8) is 0 Å². The molecule has 0 saturated heterocycles. The van der Waals surface area contributed by atoms with E-state index < -0.39 is 19.8 Å². The third-order valence-electron chi connectivity index (χ3n) is 1.77. The lowest BCUT2D eigenvalue weighted by Gasteiger charge is -1.97. The van der Waals surface area contributed by atoms with Gasteiger partial charge in [-0.05, 0) is 22.0 Å². The molecule has 1 heterocycles. The molecule has 0 spiro atoms. The van der Waals surface area contributed by atoms with Crippen LogP contribution in [0.3, 0.4) is 0 Å². The molecule has 2 rings (SSSR count). The predicted octanol–water partition coefficient (Wildman–Crippen LogP) is 2.39. The van der Waals surface area contributed by atoms with Crippen LogP contribution in [0.4, 0.5) is 4.39 Å². The molecule has 15 heavy (non-hydrogen) atoms. The Bertz CT molecular complexity index is 640. The van der Waals surface area contributed by atoms with E-state index in [0.29, 0.717) is 15.8 Å². The number of nitrogens with one attached hydrogen (secondary N) is 1. The van der Waals surface area contributed by atoms with Crippen LogP contribution in [0, 0.1) is 5.82 Å². The van der Waals surface area contributed by atoms with Crippen molar-refractivity contribution in [2.24, 2.45) is 0 Å². The number of aromatic amines is 1. The van der Waals surface area contributed by atoms with E-state index in [9.17, 15) is 12.8 Å². The minimum atomic E-state index is -4.09. The molecule has 0 saturated carbocycles. The predicted molar refractivity (Wildman–Crippen MR) is 56.8 cm³/mol. The number of nitrogens with zero attached hydrogens (tertiary/aromatic N) is 1. The van der Waals surface area contributed by atoms with Crippen LogP contribution < -0.4 is 0 Å². The smallest absolute Gasteiger partial charge is 0.264 e. The normalized spacial score (nSPS) is 12.2. The van der Waals surface area contributed by atoms with E-state index in [0.717, 1.165) is 12.1 Å². The van der Waals surface area contributed by atoms with Crippen LogP contribution in [0.15, 0.2) is 21.8 Å². The standard InChI is InChI=1S/C7H3BrClFN2O2S/c8-7-11-4-1-3(10)6(15(9,13)14)2-5(4)12-7/h1-2H,(H,11,12). The summed E-state index contributed by atoms with van der Waals surface area (Å²) in [6.45, 7) is 0. The fourth-order valence-corrected chi connectivity index (χ4v) is 2.47. The van der Waals surface area contributed by atoms with E-state index in [4.69, 9.17) is 10.7 Å². The maximum absolute atomic E-state index is 13.3. The highest BCUT2D eigenvalue weighted by Crippen LogP contribution is 2.24. The van der Waals surface area contributed by atoms with E-state index >= 15 is 0 Å². The maximum atomic E-state index is 13.3. The van der Waals surface area contributed by atoms with Crippen molar-refractivity contribution in [2.45, 2.75) is 4.90 Å². The number of hydrogen-bond donors (Lipinski definition) is 1. The number of H-pyrrole nitrogens is 1. The molecule has 0 aliphatic heterocycles. The van der Waals surface area contributed by atoms with Gasteiger partial charge in [-0.1, -0.05) is 0 Å². The summed E-state index contributed by atoms with van der Waals surface area (Å²) < 4.78 is 35.6. The Hall–Kier alpha value is -0.660. The second-order valence-electron chi connectivity index (χ2n) is 2.77. The number of rotatable bonds is 1. The fraction of sp³-hybridized carbons (Fsp3) is 0. The monoisotopic (exact) mass is 312 g/mol. The Balaban J connectivity index is 2.83. The van der Waals surface area contributed by atoms with Crippen molar-refractivity contribution in [2.75, 3.05) is 0 Å². The third-order valence-corrected chi connectivity index (χ3v) is 3.48. The second kappa shape index (κ2) is 3.43. The minimum absolute atomic E-state index is 0.322. The van der Waals surface area contributed by atoms with Gasteiger partial charge in [0.2, 0.25) is 0 Å². The van der Waals surface area contributed by atoms with Gasteiger partial charge in [-0.15, -0.1) is 0 Å². The van der Waals surface area contributed by atoms with Gasteiger partial charge in [0, 0.05) is 16.7 Å². The molecule has 0 atom stereocenters. The van der Waals surface area contributed by atoms with Gasteiger partial charge in [0.1, 0.15) is 10.7 Å². The lowest BCUT2D eigenvalue weighted by molar-refractivity contribution is 0.577. The first-order valence-electron chi connectivity index (χ1n) is 3.67. The maximum Gasteiger partial charge on any atom is 0.264 e. The number of halogens is 3. The van der Waals surface area contributed by atoms with Gasteiger partial charge >= 0.3 is 0 Å². The van der Waals surface area contributed by atoms with Crippen LogP contribution in [0.2, 0.25) is 0 Å². The fourth-order valence-electron chi connectivity index (χ4n) is 1.17. The molecule has 4 nitrogen and oxygen atoms in total. The molecule has 0 unspecified atom stereocenters. The molecule has 1 aromatic heterocycles. The Morgan fingerprint density at radius 2 is 2.13 bits per heavy atom. The van der Waals surface area contributed by atoms with Gasteiger partial charge in [-0.3, -0.25) is 0 Å². The Morgan fingerprint density at radius 3 is 2.73 bits per heavy atom. The van der Waals surface area contributed by atoms with Gasteiger partial charge in [0.25, 0.3) is 9.05 Å². The summed E-state index contributed by atoms with van der Waals surface area (Å²) >= 11 is 3.05. The molecule has 1 aromatic carbocycles. The van der Waals surface area contributed by atoms with Crippen molar-refractivity contribution in [3.05, 3.63) is 22.7 Å². The quantitative estimate of drug-likeness (QED) is 0.822. The number of hydrogen-bond acceptors (Lipinski definition) is 3. The van der Waals surface area contributed by atoms with Gasteiger partial charge in [-0.25, -0.2) is 17.8 Å². The summed E-state index contributed by atoms with van der Waals surface area (Å²) in [6, 6.07) is 2.11. The number of imidazole rings is 1. The zero-order valence-corrected chi connectivity index (χ0v) is 10.1. The molecule has 0 aliphatic carbocycles. The zero-order valence-electron chi connectivity index (χ0n) is 6.96. The van der Waals surface area contributed by atoms with Crippen LogP contribution in [0.5, 0.6) is 0 Å². The van der Waals surface area contributed by atoms with Crippen molar-refractivity contribution in [3.8, 4) is 0 Å². The van der Waals surface area contributed by atoms with E-state index in [2.05, 4.69) is 25.9 Å². The Morgan fingerprint density at radius 1 is 1.47 bits per heavy atom. The van der Waals surface area contributed by atoms with E-state index in [1.54, 1.807) is 0 Å². The first-order valence-corrected chi connectivity index (χ1v) is 6.77. The van der Waals surface area contributed by atoms with Gasteiger partial charge in [-0.2, -0.15) is 0 Å². The Kier molecular flexibility index (Phi) is 2.48. The molecule has 0 amide bonds. The summed E-state index contributed by atoms with van der Waals surface area (Å²) in [7, 11) is 0.966. The molecule has 0 radical (unpaired) electrons. The third kappa shape index (κ3) is 1.99. The van der Waals surface area contributed by atoms with Crippen LogP contribution in [-0.4, -0.2) is 18.4 Å². The molecular weight excluding hydrogens is 311 g/mol. The highest BCUT2D eigenvalue weighted by Gasteiger charge is 2.18. The molecule has 1 N–H and O–H groups in total. The molecule has 8 heteroatoms. The topological polar surface area (TPSA) is 62.8 Å². The minimum Gasteiger partial charge on any atom is -0.332 e. The largest absolute Gasteiger partial charge is 0.332 e. The zero-order chi connectivity index (χ0) is 11.2.